The Morgan fingerprint density at radius 1 is 1.21 bits per heavy atom. The summed E-state index contributed by atoms with van der Waals surface area (Å²) in [6.45, 7) is 6.53. The summed E-state index contributed by atoms with van der Waals surface area (Å²) in [4.78, 5) is 12.1. The van der Waals surface area contributed by atoms with E-state index in [-0.39, 0.29) is 12.4 Å². The monoisotopic (exact) mass is 483 g/mol. The molecular weight excluding hydrogens is 462 g/mol. The molecule has 2 heterocycles. The summed E-state index contributed by atoms with van der Waals surface area (Å²) in [6, 6.07) is 11.9. The third-order valence-electron chi connectivity index (χ3n) is 5.05. The summed E-state index contributed by atoms with van der Waals surface area (Å²) in [7, 11) is 0. The van der Waals surface area contributed by atoms with Crippen LogP contribution in [0, 0.1) is 0 Å². The van der Waals surface area contributed by atoms with E-state index >= 15 is 0 Å². The number of rotatable bonds is 9. The second-order valence-corrected chi connectivity index (χ2v) is 8.63. The van der Waals surface area contributed by atoms with Gasteiger partial charge in [0.1, 0.15) is 23.7 Å². The van der Waals surface area contributed by atoms with E-state index in [0.29, 0.717) is 46.1 Å². The van der Waals surface area contributed by atoms with E-state index < -0.39 is 5.63 Å². The van der Waals surface area contributed by atoms with Crippen molar-refractivity contribution < 1.29 is 14.3 Å². The summed E-state index contributed by atoms with van der Waals surface area (Å²) in [5.41, 5.74) is 1.48. The summed E-state index contributed by atoms with van der Waals surface area (Å²) in [5.74, 6) is 1.93. The lowest BCUT2D eigenvalue weighted by molar-refractivity contribution is 0.289. The number of aryl methyl sites for hydroxylation is 1. The molecule has 4 aromatic rings. The zero-order valence-electron chi connectivity index (χ0n) is 18.0. The second kappa shape index (κ2) is 10.1. The van der Waals surface area contributed by atoms with Gasteiger partial charge in [-0.25, -0.2) is 4.79 Å². The number of aromatic hydroxyl groups is 1. The van der Waals surface area contributed by atoms with Crippen LogP contribution in [0.15, 0.2) is 69.5 Å². The fraction of sp³-hybridized carbons (Fsp3) is 0.208. The minimum atomic E-state index is -0.466. The second-order valence-electron chi connectivity index (χ2n) is 7.25. The molecule has 0 saturated carbocycles. The van der Waals surface area contributed by atoms with E-state index in [1.165, 1.54) is 23.9 Å². The van der Waals surface area contributed by atoms with Crippen LogP contribution in [-0.2, 0) is 25.3 Å². The van der Waals surface area contributed by atoms with Gasteiger partial charge in [-0.15, -0.1) is 16.8 Å². The van der Waals surface area contributed by atoms with Crippen molar-refractivity contribution in [1.82, 2.24) is 14.8 Å². The highest BCUT2D eigenvalue weighted by Crippen LogP contribution is 2.30. The predicted molar refractivity (Wildman–Crippen MR) is 129 cm³/mol. The molecule has 33 heavy (non-hydrogen) atoms. The van der Waals surface area contributed by atoms with Gasteiger partial charge in [0.15, 0.2) is 11.0 Å². The van der Waals surface area contributed by atoms with Crippen molar-refractivity contribution in [3.8, 4) is 11.5 Å². The number of hydrogen-bond acceptors (Lipinski definition) is 7. The smallest absolute Gasteiger partial charge is 0.336 e. The Balaban J connectivity index is 1.57. The first kappa shape index (κ1) is 22.9. The van der Waals surface area contributed by atoms with Crippen molar-refractivity contribution in [3.05, 3.63) is 87.5 Å². The highest BCUT2D eigenvalue weighted by molar-refractivity contribution is 7.98. The molecule has 4 rings (SSSR count). The number of benzene rings is 2. The van der Waals surface area contributed by atoms with Gasteiger partial charge < -0.3 is 14.3 Å². The summed E-state index contributed by atoms with van der Waals surface area (Å²) >= 11 is 7.37. The van der Waals surface area contributed by atoms with E-state index in [0.717, 1.165) is 16.5 Å². The largest absolute Gasteiger partial charge is 0.508 e. The Kier molecular flexibility index (Phi) is 7.05. The highest BCUT2D eigenvalue weighted by atomic mass is 35.5. The molecule has 0 aliphatic rings. The van der Waals surface area contributed by atoms with Gasteiger partial charge in [-0.2, -0.15) is 0 Å². The molecule has 9 heteroatoms. The maximum Gasteiger partial charge on any atom is 0.336 e. The molecule has 0 spiro atoms. The SMILES string of the molecule is C=CCn1c(COc2ccc(Cl)cc2)nnc1SCc1cc(=O)oc2cc(O)c(CC)cc12. The van der Waals surface area contributed by atoms with Crippen molar-refractivity contribution >= 4 is 34.3 Å². The lowest BCUT2D eigenvalue weighted by Gasteiger charge is -2.10. The van der Waals surface area contributed by atoms with Gasteiger partial charge in [0, 0.05) is 34.8 Å². The van der Waals surface area contributed by atoms with Crippen LogP contribution in [-0.4, -0.2) is 19.9 Å². The molecule has 2 aromatic heterocycles. The van der Waals surface area contributed by atoms with Crippen LogP contribution in [0.5, 0.6) is 11.5 Å². The van der Waals surface area contributed by atoms with E-state index in [9.17, 15) is 9.90 Å². The van der Waals surface area contributed by atoms with Crippen LogP contribution >= 0.6 is 23.4 Å². The third kappa shape index (κ3) is 5.23. The van der Waals surface area contributed by atoms with E-state index in [4.69, 9.17) is 20.8 Å². The van der Waals surface area contributed by atoms with E-state index in [1.54, 1.807) is 30.3 Å². The van der Waals surface area contributed by atoms with Gasteiger partial charge in [-0.05, 0) is 47.9 Å². The average Bonchev–Trinajstić information content (AvgIpc) is 3.18. The molecule has 0 aliphatic heterocycles. The van der Waals surface area contributed by atoms with Gasteiger partial charge in [0.2, 0.25) is 0 Å². The normalized spacial score (nSPS) is 11.1. The first-order chi connectivity index (χ1) is 16.0. The van der Waals surface area contributed by atoms with Gasteiger partial charge in [-0.1, -0.05) is 36.4 Å². The van der Waals surface area contributed by atoms with Crippen LogP contribution in [0.4, 0.5) is 0 Å². The van der Waals surface area contributed by atoms with Gasteiger partial charge in [0.05, 0.1) is 0 Å². The van der Waals surface area contributed by atoms with Crippen LogP contribution in [0.1, 0.15) is 23.9 Å². The summed E-state index contributed by atoms with van der Waals surface area (Å²) in [5, 5.41) is 20.8. The van der Waals surface area contributed by atoms with E-state index in [1.807, 2.05) is 17.6 Å². The number of phenols is 1. The molecule has 7 nitrogen and oxygen atoms in total. The Bertz CT molecular complexity index is 1350. The third-order valence-corrected chi connectivity index (χ3v) is 6.32. The van der Waals surface area contributed by atoms with Crippen LogP contribution in [0.25, 0.3) is 11.0 Å². The Morgan fingerprint density at radius 2 is 2.00 bits per heavy atom. The van der Waals surface area contributed by atoms with Crippen molar-refractivity contribution in [2.45, 2.75) is 37.4 Å². The zero-order valence-corrected chi connectivity index (χ0v) is 19.5. The molecule has 0 saturated heterocycles. The maximum absolute atomic E-state index is 12.1. The van der Waals surface area contributed by atoms with Gasteiger partial charge >= 0.3 is 5.63 Å². The lowest BCUT2D eigenvalue weighted by atomic mass is 10.1. The molecule has 1 N–H and O–H groups in total. The minimum Gasteiger partial charge on any atom is -0.508 e. The molecule has 0 aliphatic carbocycles. The van der Waals surface area contributed by atoms with Crippen molar-refractivity contribution in [3.63, 3.8) is 0 Å². The summed E-state index contributed by atoms with van der Waals surface area (Å²) in [6.07, 6.45) is 2.43. The molecule has 170 valence electrons. The fourth-order valence-corrected chi connectivity index (χ4v) is 4.46. The highest BCUT2D eigenvalue weighted by Gasteiger charge is 2.15. The standard InChI is InChI=1S/C24H22ClN3O4S/c1-3-9-28-22(13-31-18-7-5-17(25)6-8-18)26-27-24(28)33-14-16-11-23(30)32-21-12-20(29)15(4-2)10-19(16)21/h3,5-8,10-12,29H,1,4,9,13-14H2,2H3. The molecule has 0 radical (unpaired) electrons. The zero-order chi connectivity index (χ0) is 23.4. The molecular formula is C24H22ClN3O4S. The van der Waals surface area contributed by atoms with Crippen LogP contribution in [0.3, 0.4) is 0 Å². The number of thioether (sulfide) groups is 1. The number of ether oxygens (including phenoxy) is 1. The quantitative estimate of drug-likeness (QED) is 0.194. The number of halogens is 1. The summed E-state index contributed by atoms with van der Waals surface area (Å²) < 4.78 is 13.0. The Morgan fingerprint density at radius 3 is 2.73 bits per heavy atom. The minimum absolute atomic E-state index is 0.119. The van der Waals surface area contributed by atoms with Crippen molar-refractivity contribution in [1.29, 1.82) is 0 Å². The maximum atomic E-state index is 12.1. The molecule has 2 aromatic carbocycles. The first-order valence-corrected chi connectivity index (χ1v) is 11.7. The molecule has 0 unspecified atom stereocenters. The number of allylic oxidation sites excluding steroid dienone is 1. The van der Waals surface area contributed by atoms with Crippen molar-refractivity contribution in [2.24, 2.45) is 0 Å². The number of hydrogen-bond donors (Lipinski definition) is 1. The average molecular weight is 484 g/mol. The number of fused-ring (bicyclic) bond motifs is 1. The van der Waals surface area contributed by atoms with Gasteiger partial charge in [0.25, 0.3) is 0 Å². The number of aromatic nitrogens is 3. The Labute approximate surface area is 199 Å². The molecule has 0 atom stereocenters. The van der Waals surface area contributed by atoms with E-state index in [2.05, 4.69) is 16.8 Å². The number of nitrogens with zero attached hydrogens (tertiary/aromatic N) is 3. The predicted octanol–water partition coefficient (Wildman–Crippen LogP) is 5.36. The Hall–Kier alpha value is -3.23. The fourth-order valence-electron chi connectivity index (χ4n) is 3.38. The molecule has 0 bridgehead atoms. The molecule has 0 amide bonds. The van der Waals surface area contributed by atoms with Gasteiger partial charge in [-0.3, -0.25) is 4.57 Å². The van der Waals surface area contributed by atoms with Crippen LogP contribution in [0.2, 0.25) is 5.02 Å². The topological polar surface area (TPSA) is 90.4 Å². The molecule has 0 fully saturated rings. The first-order valence-electron chi connectivity index (χ1n) is 10.3. The number of phenolic OH excluding ortho intramolecular Hbond substituents is 1. The lowest BCUT2D eigenvalue weighted by Crippen LogP contribution is -2.07. The van der Waals surface area contributed by atoms with Crippen LogP contribution < -0.4 is 10.4 Å². The van der Waals surface area contributed by atoms with Crippen molar-refractivity contribution in [2.75, 3.05) is 0 Å².